The van der Waals surface area contributed by atoms with Crippen LogP contribution in [0.4, 0.5) is 0 Å². The molecule has 90 valence electrons. The molecule has 0 saturated carbocycles. The first kappa shape index (κ1) is 11.9. The monoisotopic (exact) mass is 251 g/mol. The van der Waals surface area contributed by atoms with Gasteiger partial charge in [-0.05, 0) is 18.6 Å². The first-order valence-corrected chi connectivity index (χ1v) is 6.14. The fourth-order valence-corrected chi connectivity index (χ4v) is 2.35. The summed E-state index contributed by atoms with van der Waals surface area (Å²) in [6.07, 6.45) is 2.61. The van der Waals surface area contributed by atoms with Crippen molar-refractivity contribution in [2.24, 2.45) is 0 Å². The molecule has 17 heavy (non-hydrogen) atoms. The highest BCUT2D eigenvalue weighted by atomic mass is 32.1. The lowest BCUT2D eigenvalue weighted by Crippen LogP contribution is -2.01. The minimum absolute atomic E-state index is 0.214. The zero-order valence-corrected chi connectivity index (χ0v) is 10.5. The van der Waals surface area contributed by atoms with Gasteiger partial charge in [0.05, 0.1) is 25.5 Å². The summed E-state index contributed by atoms with van der Waals surface area (Å²) >= 11 is 1.52. The molecule has 0 bridgehead atoms. The molecule has 0 saturated heterocycles. The summed E-state index contributed by atoms with van der Waals surface area (Å²) in [5.74, 6) is 0.591. The van der Waals surface area contributed by atoms with E-state index in [1.165, 1.54) is 18.4 Å². The molecule has 0 unspecified atom stereocenters. The summed E-state index contributed by atoms with van der Waals surface area (Å²) < 4.78 is 9.95. The molecular formula is C12H13NO3S. The van der Waals surface area contributed by atoms with Gasteiger partial charge < -0.3 is 9.15 Å². The third kappa shape index (κ3) is 2.74. The Kier molecular flexibility index (Phi) is 3.58. The van der Waals surface area contributed by atoms with E-state index in [2.05, 4.69) is 9.72 Å². The van der Waals surface area contributed by atoms with E-state index < -0.39 is 0 Å². The molecule has 0 amide bonds. The van der Waals surface area contributed by atoms with Gasteiger partial charge in [-0.3, -0.25) is 4.79 Å². The number of ether oxygens (including phenoxy) is 1. The summed E-state index contributed by atoms with van der Waals surface area (Å²) in [7, 11) is 1.39. The summed E-state index contributed by atoms with van der Waals surface area (Å²) in [6, 6.07) is 1.91. The van der Waals surface area contributed by atoms with Crippen molar-refractivity contribution in [1.82, 2.24) is 4.98 Å². The minimum atomic E-state index is -0.214. The summed E-state index contributed by atoms with van der Waals surface area (Å²) in [5.41, 5.74) is 1.96. The summed E-state index contributed by atoms with van der Waals surface area (Å²) in [6.45, 7) is 1.98. The minimum Gasteiger partial charge on any atom is -0.469 e. The Hall–Kier alpha value is -1.62. The Morgan fingerprint density at radius 2 is 2.41 bits per heavy atom. The normalized spacial score (nSPS) is 10.5. The number of thiazole rings is 1. The van der Waals surface area contributed by atoms with Gasteiger partial charge in [-0.25, -0.2) is 4.98 Å². The predicted octanol–water partition coefficient (Wildman–Crippen LogP) is 2.82. The number of aromatic nitrogens is 1. The van der Waals surface area contributed by atoms with Crippen LogP contribution in [0.2, 0.25) is 0 Å². The zero-order chi connectivity index (χ0) is 12.3. The molecule has 2 heterocycles. The van der Waals surface area contributed by atoms with Crippen molar-refractivity contribution in [3.63, 3.8) is 0 Å². The van der Waals surface area contributed by atoms with Crippen molar-refractivity contribution >= 4 is 17.3 Å². The Morgan fingerprint density at radius 3 is 3.06 bits per heavy atom. The van der Waals surface area contributed by atoms with Crippen LogP contribution in [0.15, 0.2) is 22.1 Å². The predicted molar refractivity (Wildman–Crippen MR) is 64.9 cm³/mol. The number of aryl methyl sites for hydroxylation is 2. The van der Waals surface area contributed by atoms with E-state index in [9.17, 15) is 4.79 Å². The quantitative estimate of drug-likeness (QED) is 0.784. The first-order valence-electron chi connectivity index (χ1n) is 5.26. The van der Waals surface area contributed by atoms with E-state index in [-0.39, 0.29) is 5.97 Å². The van der Waals surface area contributed by atoms with Gasteiger partial charge in [0.2, 0.25) is 0 Å². The van der Waals surface area contributed by atoms with E-state index in [1.54, 1.807) is 6.26 Å². The lowest BCUT2D eigenvalue weighted by atomic mass is 10.2. The van der Waals surface area contributed by atoms with Gasteiger partial charge in [-0.1, -0.05) is 0 Å². The van der Waals surface area contributed by atoms with E-state index >= 15 is 0 Å². The highest BCUT2D eigenvalue weighted by Gasteiger charge is 2.11. The SMILES string of the molecule is COC(=O)CCc1csc(-c2occc2C)n1. The smallest absolute Gasteiger partial charge is 0.305 e. The molecule has 0 fully saturated rings. The van der Waals surface area contributed by atoms with Crippen LogP contribution in [0, 0.1) is 6.92 Å². The van der Waals surface area contributed by atoms with Crippen LogP contribution >= 0.6 is 11.3 Å². The lowest BCUT2D eigenvalue weighted by molar-refractivity contribution is -0.140. The summed E-state index contributed by atoms with van der Waals surface area (Å²) in [4.78, 5) is 15.4. The van der Waals surface area contributed by atoms with Crippen LogP contribution in [-0.4, -0.2) is 18.1 Å². The van der Waals surface area contributed by atoms with Gasteiger partial charge in [0, 0.05) is 11.8 Å². The fourth-order valence-electron chi connectivity index (χ4n) is 1.45. The lowest BCUT2D eigenvalue weighted by Gasteiger charge is -1.96. The van der Waals surface area contributed by atoms with Crippen LogP contribution in [0.5, 0.6) is 0 Å². The van der Waals surface area contributed by atoms with Gasteiger partial charge in [0.25, 0.3) is 0 Å². The maximum absolute atomic E-state index is 11.0. The Morgan fingerprint density at radius 1 is 1.59 bits per heavy atom. The number of methoxy groups -OCH3 is 1. The molecule has 0 aliphatic heterocycles. The molecule has 0 aromatic carbocycles. The van der Waals surface area contributed by atoms with Crippen LogP contribution < -0.4 is 0 Å². The van der Waals surface area contributed by atoms with Crippen LogP contribution in [-0.2, 0) is 16.0 Å². The second kappa shape index (κ2) is 5.14. The van der Waals surface area contributed by atoms with Crippen LogP contribution in [0.3, 0.4) is 0 Å². The van der Waals surface area contributed by atoms with E-state index in [1.807, 2.05) is 18.4 Å². The molecule has 0 radical (unpaired) electrons. The van der Waals surface area contributed by atoms with Gasteiger partial charge >= 0.3 is 5.97 Å². The molecule has 5 heteroatoms. The maximum atomic E-state index is 11.0. The van der Waals surface area contributed by atoms with Crippen molar-refractivity contribution < 1.29 is 13.9 Å². The summed E-state index contributed by atoms with van der Waals surface area (Å²) in [5, 5.41) is 2.80. The Balaban J connectivity index is 2.06. The molecule has 0 atom stereocenters. The maximum Gasteiger partial charge on any atom is 0.305 e. The topological polar surface area (TPSA) is 52.3 Å². The molecule has 0 spiro atoms. The first-order chi connectivity index (χ1) is 8.20. The zero-order valence-electron chi connectivity index (χ0n) is 9.73. The van der Waals surface area contributed by atoms with Gasteiger partial charge in [-0.2, -0.15) is 0 Å². The van der Waals surface area contributed by atoms with Crippen molar-refractivity contribution in [3.05, 3.63) is 29.0 Å². The second-order valence-electron chi connectivity index (χ2n) is 3.65. The third-order valence-electron chi connectivity index (χ3n) is 2.42. The van der Waals surface area contributed by atoms with E-state index in [0.29, 0.717) is 12.8 Å². The fraction of sp³-hybridized carbons (Fsp3) is 0.333. The third-order valence-corrected chi connectivity index (χ3v) is 3.31. The molecule has 2 aromatic heterocycles. The highest BCUT2D eigenvalue weighted by Crippen LogP contribution is 2.27. The molecule has 2 rings (SSSR count). The number of rotatable bonds is 4. The van der Waals surface area contributed by atoms with E-state index in [4.69, 9.17) is 4.42 Å². The highest BCUT2D eigenvalue weighted by molar-refractivity contribution is 7.13. The average molecular weight is 251 g/mol. The molecule has 4 nitrogen and oxygen atoms in total. The number of hydrogen-bond acceptors (Lipinski definition) is 5. The van der Waals surface area contributed by atoms with Crippen molar-refractivity contribution in [1.29, 1.82) is 0 Å². The van der Waals surface area contributed by atoms with E-state index in [0.717, 1.165) is 22.0 Å². The van der Waals surface area contributed by atoms with Gasteiger partial charge in [0.15, 0.2) is 10.8 Å². The number of esters is 1. The second-order valence-corrected chi connectivity index (χ2v) is 4.51. The van der Waals surface area contributed by atoms with Crippen molar-refractivity contribution in [2.75, 3.05) is 7.11 Å². The largest absolute Gasteiger partial charge is 0.469 e. The van der Waals surface area contributed by atoms with Gasteiger partial charge in [-0.15, -0.1) is 11.3 Å². The van der Waals surface area contributed by atoms with Crippen LogP contribution in [0.1, 0.15) is 17.7 Å². The Bertz CT molecular complexity index is 515. The number of hydrogen-bond donors (Lipinski definition) is 0. The van der Waals surface area contributed by atoms with Crippen molar-refractivity contribution in [3.8, 4) is 10.8 Å². The standard InChI is InChI=1S/C12H13NO3S/c1-8-5-6-16-11(8)12-13-9(7-17-12)3-4-10(14)15-2/h5-7H,3-4H2,1-2H3. The van der Waals surface area contributed by atoms with Gasteiger partial charge in [0.1, 0.15) is 0 Å². The average Bonchev–Trinajstić information content (AvgIpc) is 2.94. The number of furan rings is 1. The number of carbonyl (C=O) groups excluding carboxylic acids is 1. The molecule has 0 aliphatic carbocycles. The van der Waals surface area contributed by atoms with Crippen molar-refractivity contribution in [2.45, 2.75) is 19.8 Å². The Labute approximate surface area is 103 Å². The molecular weight excluding hydrogens is 238 g/mol. The molecule has 0 N–H and O–H groups in total. The molecule has 0 aliphatic rings. The molecule has 2 aromatic rings. The number of nitrogens with zero attached hydrogens (tertiary/aromatic N) is 1. The van der Waals surface area contributed by atoms with Crippen LogP contribution in [0.25, 0.3) is 10.8 Å². The number of carbonyl (C=O) groups is 1.